The van der Waals surface area contributed by atoms with E-state index in [1.807, 2.05) is 0 Å². The summed E-state index contributed by atoms with van der Waals surface area (Å²) in [6.45, 7) is 2.22. The molecule has 0 aliphatic carbocycles. The summed E-state index contributed by atoms with van der Waals surface area (Å²) in [5.74, 6) is -0.289. The molecule has 0 atom stereocenters. The van der Waals surface area contributed by atoms with Crippen LogP contribution in [0.25, 0.3) is 0 Å². The third-order valence-corrected chi connectivity index (χ3v) is 5.21. The summed E-state index contributed by atoms with van der Waals surface area (Å²) in [7, 11) is -2.10. The van der Waals surface area contributed by atoms with Crippen molar-refractivity contribution in [1.82, 2.24) is 15.5 Å². The largest absolute Gasteiger partial charge is 0.357 e. The number of hydrogen-bond donors (Lipinski definition) is 3. The Morgan fingerprint density at radius 1 is 1.12 bits per heavy atom. The molecule has 0 bridgehead atoms. The van der Waals surface area contributed by atoms with E-state index >= 15 is 0 Å². The van der Waals surface area contributed by atoms with Crippen LogP contribution in [-0.4, -0.2) is 26.3 Å². The monoisotopic (exact) mass is 394 g/mol. The number of benzene rings is 2. The fourth-order valence-electron chi connectivity index (χ4n) is 2.02. The zero-order valence-electron chi connectivity index (χ0n) is 14.3. The Kier molecular flexibility index (Phi) is 6.78. The third-order valence-electron chi connectivity index (χ3n) is 3.54. The average Bonchev–Trinajstić information content (AvgIpc) is 2.65. The summed E-state index contributed by atoms with van der Waals surface area (Å²) in [6.07, 6.45) is 0. The molecule has 0 aliphatic heterocycles. The number of rotatable bonds is 6. The molecule has 26 heavy (non-hydrogen) atoms. The van der Waals surface area contributed by atoms with Crippen LogP contribution in [0.4, 0.5) is 4.39 Å². The molecule has 0 saturated carbocycles. The van der Waals surface area contributed by atoms with Crippen molar-refractivity contribution in [2.24, 2.45) is 5.10 Å². The maximum atomic E-state index is 12.9. The first-order chi connectivity index (χ1) is 12.3. The van der Waals surface area contributed by atoms with Gasteiger partial charge in [0, 0.05) is 6.54 Å². The molecule has 0 unspecified atom stereocenters. The molecule has 0 spiro atoms. The average molecular weight is 394 g/mol. The second-order valence-corrected chi connectivity index (χ2v) is 7.64. The zero-order valence-corrected chi connectivity index (χ0v) is 15.9. The lowest BCUT2D eigenvalue weighted by Crippen LogP contribution is -2.32. The first kappa shape index (κ1) is 20.0. The molecular weight excluding hydrogens is 375 g/mol. The SMILES string of the molecule is CNS(=O)(=O)c1ccc(/C(C)=N\NC(=S)NCc2ccc(F)cc2)cc1. The van der Waals surface area contributed by atoms with E-state index in [0.29, 0.717) is 17.4 Å². The fraction of sp³-hybridized carbons (Fsp3) is 0.176. The van der Waals surface area contributed by atoms with E-state index in [4.69, 9.17) is 12.2 Å². The van der Waals surface area contributed by atoms with Gasteiger partial charge in [0.25, 0.3) is 0 Å². The quantitative estimate of drug-likeness (QED) is 0.397. The number of hydrogen-bond acceptors (Lipinski definition) is 4. The van der Waals surface area contributed by atoms with E-state index in [2.05, 4.69) is 20.6 Å². The topological polar surface area (TPSA) is 82.6 Å². The second-order valence-electron chi connectivity index (χ2n) is 5.35. The Hall–Kier alpha value is -2.36. The van der Waals surface area contributed by atoms with Crippen LogP contribution >= 0.6 is 12.2 Å². The standard InChI is InChI=1S/C17H19FN4O2S2/c1-12(14-5-9-16(10-6-14)26(23,24)19-2)21-22-17(25)20-11-13-3-7-15(18)8-4-13/h3-10,19H,11H2,1-2H3,(H2,20,22,25)/b21-12-. The third kappa shape index (κ3) is 5.58. The Morgan fingerprint density at radius 2 is 1.73 bits per heavy atom. The first-order valence-corrected chi connectivity index (χ1v) is 9.57. The van der Waals surface area contributed by atoms with Gasteiger partial charge in [-0.1, -0.05) is 24.3 Å². The van der Waals surface area contributed by atoms with Crippen molar-refractivity contribution >= 4 is 33.1 Å². The molecule has 0 heterocycles. The smallest absolute Gasteiger partial charge is 0.240 e. The van der Waals surface area contributed by atoms with E-state index in [9.17, 15) is 12.8 Å². The lowest BCUT2D eigenvalue weighted by Gasteiger charge is -2.09. The normalized spacial score (nSPS) is 11.9. The molecule has 138 valence electrons. The molecule has 0 saturated heterocycles. The molecule has 2 rings (SSSR count). The Bertz CT molecular complexity index is 895. The van der Waals surface area contributed by atoms with E-state index < -0.39 is 10.0 Å². The first-order valence-electron chi connectivity index (χ1n) is 7.68. The van der Waals surface area contributed by atoms with Gasteiger partial charge in [0.05, 0.1) is 10.6 Å². The Morgan fingerprint density at radius 3 is 2.31 bits per heavy atom. The number of nitrogens with zero attached hydrogens (tertiary/aromatic N) is 1. The highest BCUT2D eigenvalue weighted by Crippen LogP contribution is 2.10. The van der Waals surface area contributed by atoms with Gasteiger partial charge in [-0.3, -0.25) is 5.43 Å². The van der Waals surface area contributed by atoms with Gasteiger partial charge in [0.2, 0.25) is 10.0 Å². The van der Waals surface area contributed by atoms with Crippen molar-refractivity contribution in [3.05, 3.63) is 65.5 Å². The fourth-order valence-corrected chi connectivity index (χ4v) is 2.86. The van der Waals surface area contributed by atoms with Crippen LogP contribution in [0.5, 0.6) is 0 Å². The lowest BCUT2D eigenvalue weighted by atomic mass is 10.1. The summed E-state index contributed by atoms with van der Waals surface area (Å²) in [5, 5.41) is 7.46. The summed E-state index contributed by atoms with van der Waals surface area (Å²) >= 11 is 5.14. The van der Waals surface area contributed by atoms with Gasteiger partial charge in [-0.05, 0) is 61.6 Å². The lowest BCUT2D eigenvalue weighted by molar-refractivity contribution is 0.588. The van der Waals surface area contributed by atoms with Crippen LogP contribution in [0.3, 0.4) is 0 Å². The Labute approximate surface area is 157 Å². The minimum Gasteiger partial charge on any atom is -0.357 e. The van der Waals surface area contributed by atoms with Crippen molar-refractivity contribution in [3.8, 4) is 0 Å². The van der Waals surface area contributed by atoms with Crippen molar-refractivity contribution in [3.63, 3.8) is 0 Å². The molecule has 0 aromatic heterocycles. The van der Waals surface area contributed by atoms with E-state index in [1.165, 1.54) is 31.3 Å². The van der Waals surface area contributed by atoms with Crippen LogP contribution < -0.4 is 15.5 Å². The summed E-state index contributed by atoms with van der Waals surface area (Å²) in [4.78, 5) is 0.181. The molecule has 0 amide bonds. The number of hydrazone groups is 1. The molecule has 2 aromatic rings. The number of nitrogens with one attached hydrogen (secondary N) is 3. The predicted molar refractivity (Wildman–Crippen MR) is 104 cm³/mol. The summed E-state index contributed by atoms with van der Waals surface area (Å²) in [5.41, 5.74) is 5.01. The maximum Gasteiger partial charge on any atom is 0.240 e. The van der Waals surface area contributed by atoms with Crippen LogP contribution in [0.15, 0.2) is 58.5 Å². The highest BCUT2D eigenvalue weighted by molar-refractivity contribution is 7.89. The number of halogens is 1. The van der Waals surface area contributed by atoms with Gasteiger partial charge in [-0.25, -0.2) is 17.5 Å². The molecule has 0 radical (unpaired) electrons. The number of sulfonamides is 1. The van der Waals surface area contributed by atoms with Crippen LogP contribution in [-0.2, 0) is 16.6 Å². The summed E-state index contributed by atoms with van der Waals surface area (Å²) in [6, 6.07) is 12.4. The minimum atomic E-state index is -3.46. The van der Waals surface area contributed by atoms with Crippen molar-refractivity contribution in [2.45, 2.75) is 18.4 Å². The highest BCUT2D eigenvalue weighted by Gasteiger charge is 2.10. The molecule has 9 heteroatoms. The minimum absolute atomic E-state index is 0.181. The van der Waals surface area contributed by atoms with E-state index in [-0.39, 0.29) is 10.7 Å². The molecule has 3 N–H and O–H groups in total. The summed E-state index contributed by atoms with van der Waals surface area (Å²) < 4.78 is 38.5. The van der Waals surface area contributed by atoms with Gasteiger partial charge in [0.1, 0.15) is 5.82 Å². The van der Waals surface area contributed by atoms with Crippen molar-refractivity contribution in [2.75, 3.05) is 7.05 Å². The van der Waals surface area contributed by atoms with Gasteiger partial charge >= 0.3 is 0 Å². The molecule has 0 aliphatic rings. The van der Waals surface area contributed by atoms with E-state index in [1.54, 1.807) is 31.2 Å². The van der Waals surface area contributed by atoms with Gasteiger partial charge in [-0.15, -0.1) is 0 Å². The van der Waals surface area contributed by atoms with Crippen LogP contribution in [0, 0.1) is 5.82 Å². The zero-order chi connectivity index (χ0) is 19.2. The predicted octanol–water partition coefficient (Wildman–Crippen LogP) is 2.12. The van der Waals surface area contributed by atoms with Crippen molar-refractivity contribution < 1.29 is 12.8 Å². The number of thiocarbonyl (C=S) groups is 1. The molecule has 2 aromatic carbocycles. The Balaban J connectivity index is 1.92. The van der Waals surface area contributed by atoms with Gasteiger partial charge in [0.15, 0.2) is 5.11 Å². The van der Waals surface area contributed by atoms with Gasteiger partial charge < -0.3 is 5.32 Å². The van der Waals surface area contributed by atoms with Crippen LogP contribution in [0.1, 0.15) is 18.1 Å². The highest BCUT2D eigenvalue weighted by atomic mass is 32.2. The second kappa shape index (κ2) is 8.84. The maximum absolute atomic E-state index is 12.9. The van der Waals surface area contributed by atoms with Crippen molar-refractivity contribution in [1.29, 1.82) is 0 Å². The van der Waals surface area contributed by atoms with Gasteiger partial charge in [-0.2, -0.15) is 5.10 Å². The van der Waals surface area contributed by atoms with Crippen LogP contribution in [0.2, 0.25) is 0 Å². The molecular formula is C17H19FN4O2S2. The molecule has 0 fully saturated rings. The van der Waals surface area contributed by atoms with E-state index in [0.717, 1.165) is 11.1 Å². The molecule has 6 nitrogen and oxygen atoms in total.